The number of aliphatic hydroxyl groups excluding tert-OH is 15. The topological polar surface area (TPSA) is 414 Å². The van der Waals surface area contributed by atoms with Crippen molar-refractivity contribution in [2.75, 3.05) is 40.1 Å². The van der Waals surface area contributed by atoms with E-state index in [1.54, 1.807) is 7.11 Å². The summed E-state index contributed by atoms with van der Waals surface area (Å²) in [6.07, 6.45) is -27.9. The lowest BCUT2D eigenvalue weighted by atomic mass is 9.47. The molecule has 3 saturated carbocycles. The predicted octanol–water partition coefficient (Wildman–Crippen LogP) is -3.89. The summed E-state index contributed by atoms with van der Waals surface area (Å²) in [7, 11) is 1.71. The van der Waals surface area contributed by atoms with Gasteiger partial charge >= 0.3 is 0 Å². The molecule has 27 nitrogen and oxygen atoms in total. The standard InChI is InChI=1S/C57H94O27/c1-22(20-74-50-44(69)41(66)37(62)31(17-58)78-50)9-14-57(73-6)23(2)35-30(84-57)16-29-27-8-7-25-15-26(10-12-55(25,4)28(27)11-13-56(29,35)5)77-54-49(83-52-46(71)40(65)36(61)24(3)76-52)47(72)48(33(19-60)80-54)82-53-43(68)39(64)34(81-53)21-75-51-45(70)42(67)38(63)32(18-59)79-51/h7,22-24,26-54,58-72H,8-21H2,1-6H3/t22-,23?,24+,26?,27?,28?,29?,30?,31-,32-,33-,34+,35?,36+,37-,38-,39+,40-,41+,42+,43-,44-,45-,46-,47+,48-,49-,50-,51-,52+,53+,54-,55+,56+,57?/m1/s1. The first-order valence-corrected chi connectivity index (χ1v) is 30.2. The molecule has 0 bridgehead atoms. The molecule has 15 N–H and O–H groups in total. The monoisotopic (exact) mass is 1210 g/mol. The summed E-state index contributed by atoms with van der Waals surface area (Å²) < 4.78 is 72.8. The van der Waals surface area contributed by atoms with E-state index in [1.165, 1.54) is 12.5 Å². The van der Waals surface area contributed by atoms with Crippen LogP contribution in [-0.4, -0.2) is 282 Å². The van der Waals surface area contributed by atoms with Crippen molar-refractivity contribution >= 4 is 0 Å². The predicted molar refractivity (Wildman–Crippen MR) is 282 cm³/mol. The van der Waals surface area contributed by atoms with E-state index in [2.05, 4.69) is 26.8 Å². The fraction of sp³-hybridized carbons (Fsp3) is 0.965. The van der Waals surface area contributed by atoms with Crippen LogP contribution in [0.2, 0.25) is 0 Å². The average Bonchev–Trinajstić information content (AvgIpc) is 1.51. The van der Waals surface area contributed by atoms with E-state index in [-0.39, 0.29) is 41.3 Å². The average molecular weight is 1210 g/mol. The molecule has 35 atom stereocenters. The molecule has 6 aliphatic heterocycles. The van der Waals surface area contributed by atoms with Gasteiger partial charge in [-0.15, -0.1) is 0 Å². The van der Waals surface area contributed by atoms with Crippen LogP contribution in [-0.2, 0) is 56.8 Å². The SMILES string of the molecule is COC1(CC[C@@H](C)CO[C@@H]2O[C@H](CO)[C@@H](O)[C@H](O)[C@H]2O)OC2CC3C4CC=C5CC(O[C@@H]6O[C@H](CO)[C@@H](O[C@@H]7O[C@@H](CO[C@@H]8O[C@H](CO)[C@@H](O)[C@H](O)[C@H]8O)[C@H](O)[C@H]7O)[C@H](O)[C@H]6O[C@@H]6O[C@@H](C)[C@H](O)[C@@H](O)[C@H]6O)CC[C@]5(C)C4CC[C@]3(C)C2C1C. The first kappa shape index (κ1) is 65.6. The number of hydrogen-bond acceptors (Lipinski definition) is 27. The van der Waals surface area contributed by atoms with Gasteiger partial charge in [0.2, 0.25) is 0 Å². The highest BCUT2D eigenvalue weighted by molar-refractivity contribution is 5.26. The Hall–Kier alpha value is -1.34. The number of aliphatic hydroxyl groups is 15. The molecular formula is C57H94O27. The van der Waals surface area contributed by atoms with Crippen LogP contribution < -0.4 is 0 Å². The van der Waals surface area contributed by atoms with Crippen LogP contribution in [0.5, 0.6) is 0 Å². The van der Waals surface area contributed by atoms with E-state index in [1.807, 2.05) is 6.92 Å². The highest BCUT2D eigenvalue weighted by atomic mass is 16.8. The third kappa shape index (κ3) is 11.9. The summed E-state index contributed by atoms with van der Waals surface area (Å²) in [5.41, 5.74) is 1.07. The maximum Gasteiger partial charge on any atom is 0.187 e. The number of hydrogen-bond donors (Lipinski definition) is 15. The molecule has 0 spiro atoms. The van der Waals surface area contributed by atoms with E-state index < -0.39 is 186 Å². The molecule has 0 radical (unpaired) electrons. The van der Waals surface area contributed by atoms with Crippen molar-refractivity contribution in [3.8, 4) is 0 Å². The lowest BCUT2D eigenvalue weighted by Gasteiger charge is -2.58. The molecule has 10 rings (SSSR count). The second kappa shape index (κ2) is 26.1. The Kier molecular flexibility index (Phi) is 20.4. The Labute approximate surface area is 488 Å². The summed E-state index contributed by atoms with van der Waals surface area (Å²) in [4.78, 5) is 0. The van der Waals surface area contributed by atoms with Crippen LogP contribution in [0.3, 0.4) is 0 Å². The second-order valence-electron chi connectivity index (χ2n) is 26.4. The van der Waals surface area contributed by atoms with Crippen LogP contribution in [0.1, 0.15) is 92.4 Å². The fourth-order valence-corrected chi connectivity index (χ4v) is 16.5. The minimum absolute atomic E-state index is 0.00545. The van der Waals surface area contributed by atoms with Gasteiger partial charge in [-0.1, -0.05) is 39.3 Å². The molecule has 8 unspecified atom stereocenters. The third-order valence-electron chi connectivity index (χ3n) is 21.6. The van der Waals surface area contributed by atoms with Crippen molar-refractivity contribution in [3.63, 3.8) is 0 Å². The van der Waals surface area contributed by atoms with Crippen molar-refractivity contribution in [2.24, 2.45) is 46.3 Å². The van der Waals surface area contributed by atoms with E-state index in [4.69, 9.17) is 56.8 Å². The normalized spacial score (nSPS) is 54.3. The van der Waals surface area contributed by atoms with Gasteiger partial charge in [-0.2, -0.15) is 0 Å². The summed E-state index contributed by atoms with van der Waals surface area (Å²) in [5.74, 6) is 0.669. The first-order chi connectivity index (χ1) is 39.8. The first-order valence-electron chi connectivity index (χ1n) is 30.2. The third-order valence-corrected chi connectivity index (χ3v) is 21.6. The van der Waals surface area contributed by atoms with Crippen molar-refractivity contribution in [3.05, 3.63) is 11.6 Å². The van der Waals surface area contributed by atoms with Gasteiger partial charge in [-0.3, -0.25) is 0 Å². The quantitative estimate of drug-likeness (QED) is 0.0550. The Balaban J connectivity index is 0.785. The highest BCUT2D eigenvalue weighted by Gasteiger charge is 2.69. The van der Waals surface area contributed by atoms with Gasteiger partial charge < -0.3 is 133 Å². The molecular weight excluding hydrogens is 1120 g/mol. The zero-order valence-corrected chi connectivity index (χ0v) is 48.6. The molecule has 484 valence electrons. The molecule has 10 aliphatic rings. The van der Waals surface area contributed by atoms with E-state index in [9.17, 15) is 76.6 Å². The van der Waals surface area contributed by atoms with Crippen molar-refractivity contribution < 1.29 is 133 Å². The highest BCUT2D eigenvalue weighted by Crippen LogP contribution is 2.70. The smallest absolute Gasteiger partial charge is 0.187 e. The molecule has 0 aromatic carbocycles. The summed E-state index contributed by atoms with van der Waals surface area (Å²) >= 11 is 0. The minimum Gasteiger partial charge on any atom is -0.394 e. The summed E-state index contributed by atoms with van der Waals surface area (Å²) in [6.45, 7) is 8.13. The van der Waals surface area contributed by atoms with Gasteiger partial charge in [-0.05, 0) is 98.7 Å². The number of fused-ring (bicyclic) bond motifs is 7. The van der Waals surface area contributed by atoms with Crippen molar-refractivity contribution in [1.29, 1.82) is 0 Å². The van der Waals surface area contributed by atoms with Crippen molar-refractivity contribution in [2.45, 2.75) is 258 Å². The Morgan fingerprint density at radius 3 is 1.79 bits per heavy atom. The number of methoxy groups -OCH3 is 1. The largest absolute Gasteiger partial charge is 0.394 e. The van der Waals surface area contributed by atoms with E-state index in [0.717, 1.165) is 32.1 Å². The van der Waals surface area contributed by atoms with E-state index in [0.29, 0.717) is 43.4 Å². The molecule has 4 aliphatic carbocycles. The molecule has 84 heavy (non-hydrogen) atoms. The van der Waals surface area contributed by atoms with Crippen LogP contribution in [0.4, 0.5) is 0 Å². The van der Waals surface area contributed by atoms with Crippen LogP contribution >= 0.6 is 0 Å². The molecule has 0 aromatic heterocycles. The molecule has 27 heteroatoms. The van der Waals surface area contributed by atoms with E-state index >= 15 is 0 Å². The Morgan fingerprint density at radius 1 is 0.583 bits per heavy atom. The van der Waals surface area contributed by atoms with Crippen LogP contribution in [0, 0.1) is 46.3 Å². The number of ether oxygens (including phenoxy) is 12. The van der Waals surface area contributed by atoms with Gasteiger partial charge in [0.05, 0.1) is 51.3 Å². The maximum absolute atomic E-state index is 12.3. The van der Waals surface area contributed by atoms with Gasteiger partial charge in [0, 0.05) is 19.4 Å². The Bertz CT molecular complexity index is 2200. The fourth-order valence-electron chi connectivity index (χ4n) is 16.5. The van der Waals surface area contributed by atoms with Gasteiger partial charge in [0.15, 0.2) is 37.2 Å². The van der Waals surface area contributed by atoms with Crippen LogP contribution in [0.25, 0.3) is 0 Å². The summed E-state index contributed by atoms with van der Waals surface area (Å²) in [6, 6.07) is 0. The lowest BCUT2D eigenvalue weighted by molar-refractivity contribution is -0.380. The summed E-state index contributed by atoms with van der Waals surface area (Å²) in [5, 5.41) is 159. The molecule has 6 saturated heterocycles. The number of rotatable bonds is 19. The minimum atomic E-state index is -1.80. The maximum atomic E-state index is 12.3. The molecule has 9 fully saturated rings. The van der Waals surface area contributed by atoms with Gasteiger partial charge in [0.25, 0.3) is 0 Å². The number of allylic oxidation sites excluding steroid dienone is 1. The Morgan fingerprint density at radius 2 is 1.14 bits per heavy atom. The zero-order valence-electron chi connectivity index (χ0n) is 48.6. The van der Waals surface area contributed by atoms with Gasteiger partial charge in [-0.25, -0.2) is 0 Å². The lowest BCUT2D eigenvalue weighted by Crippen LogP contribution is -2.65. The molecule has 0 aromatic rings. The zero-order chi connectivity index (χ0) is 60.6. The molecule has 0 amide bonds. The van der Waals surface area contributed by atoms with Gasteiger partial charge in [0.1, 0.15) is 110 Å². The van der Waals surface area contributed by atoms with Crippen molar-refractivity contribution in [1.82, 2.24) is 0 Å². The van der Waals surface area contributed by atoms with Crippen LogP contribution in [0.15, 0.2) is 11.6 Å². The second-order valence-corrected chi connectivity index (χ2v) is 26.4. The molecule has 6 heterocycles.